The van der Waals surface area contributed by atoms with Crippen molar-refractivity contribution < 1.29 is 14.3 Å². The van der Waals surface area contributed by atoms with Crippen LogP contribution in [0.2, 0.25) is 13.7 Å². The van der Waals surface area contributed by atoms with Gasteiger partial charge in [0.15, 0.2) is 6.10 Å². The van der Waals surface area contributed by atoms with Gasteiger partial charge in [0.05, 0.1) is 20.5 Å². The Bertz CT molecular complexity index is 845. The van der Waals surface area contributed by atoms with Gasteiger partial charge < -0.3 is 10.1 Å². The topological polar surface area (TPSA) is 79.2 Å². The van der Waals surface area contributed by atoms with E-state index >= 15 is 0 Å². The molecule has 0 aliphatic carbocycles. The third-order valence-corrected chi connectivity index (χ3v) is 4.69. The van der Waals surface area contributed by atoms with Crippen LogP contribution in [0.3, 0.4) is 0 Å². The van der Waals surface area contributed by atoms with Crippen molar-refractivity contribution in [1.29, 1.82) is 5.26 Å². The summed E-state index contributed by atoms with van der Waals surface area (Å²) < 4.78 is 5.60. The summed E-state index contributed by atoms with van der Waals surface area (Å²) in [5.74, 6) is -1.30. The van der Waals surface area contributed by atoms with Gasteiger partial charge in [0.2, 0.25) is 0 Å². The Hall–Kier alpha value is -1.78. The maximum absolute atomic E-state index is 12.1. The van der Waals surface area contributed by atoms with E-state index < -0.39 is 18.0 Å². The van der Waals surface area contributed by atoms with Crippen LogP contribution in [0.5, 0.6) is 0 Å². The molecule has 1 amide bonds. The summed E-state index contributed by atoms with van der Waals surface area (Å²) in [6.45, 7) is 1.42. The van der Waals surface area contributed by atoms with Crippen LogP contribution in [0.1, 0.15) is 22.8 Å². The minimum atomic E-state index is -1.07. The van der Waals surface area contributed by atoms with Gasteiger partial charge in [-0.25, -0.2) is 4.79 Å². The van der Waals surface area contributed by atoms with Crippen LogP contribution >= 0.6 is 46.1 Å². The van der Waals surface area contributed by atoms with E-state index in [4.69, 9.17) is 44.8 Å². The van der Waals surface area contributed by atoms with Gasteiger partial charge in [0, 0.05) is 5.69 Å². The van der Waals surface area contributed by atoms with E-state index in [0.29, 0.717) is 10.0 Å². The maximum atomic E-state index is 12.1. The number of thiophene rings is 1. The Morgan fingerprint density at radius 2 is 2.00 bits per heavy atom. The van der Waals surface area contributed by atoms with E-state index in [0.717, 1.165) is 11.3 Å². The van der Waals surface area contributed by atoms with Crippen molar-refractivity contribution in [2.45, 2.75) is 13.0 Å². The highest BCUT2D eigenvalue weighted by Crippen LogP contribution is 2.31. The number of ether oxygens (including phenoxy) is 1. The Labute approximate surface area is 156 Å². The fourth-order valence-electron chi connectivity index (χ4n) is 1.68. The first-order chi connectivity index (χ1) is 11.3. The van der Waals surface area contributed by atoms with Gasteiger partial charge in [-0.2, -0.15) is 5.26 Å². The standard InChI is InChI=1S/C15H9Cl3N2O3S/c1-7(23-15(22)10-5-12(17)24-13(10)18)14(21)20-9-3-2-8(6-19)11(16)4-9/h2-5,7H,1H3,(H,20,21). The molecular formula is C15H9Cl3N2O3S. The quantitative estimate of drug-likeness (QED) is 0.746. The fraction of sp³-hybridized carbons (Fsp3) is 0.133. The molecule has 0 spiro atoms. The number of carbonyl (C=O) groups excluding carboxylic acids is 2. The van der Waals surface area contributed by atoms with Crippen molar-refractivity contribution in [2.24, 2.45) is 0 Å². The van der Waals surface area contributed by atoms with Gasteiger partial charge in [0.25, 0.3) is 5.91 Å². The third-order valence-electron chi connectivity index (χ3n) is 2.89. The molecule has 24 heavy (non-hydrogen) atoms. The summed E-state index contributed by atoms with van der Waals surface area (Å²) in [6.07, 6.45) is -1.07. The Morgan fingerprint density at radius 1 is 1.29 bits per heavy atom. The monoisotopic (exact) mass is 402 g/mol. The number of hydrogen-bond acceptors (Lipinski definition) is 5. The molecule has 1 aromatic carbocycles. The number of hydrogen-bond donors (Lipinski definition) is 1. The van der Waals surface area contributed by atoms with E-state index in [2.05, 4.69) is 5.32 Å². The minimum absolute atomic E-state index is 0.104. The van der Waals surface area contributed by atoms with E-state index in [1.165, 1.54) is 31.2 Å². The second-order valence-corrected chi connectivity index (χ2v) is 7.27. The van der Waals surface area contributed by atoms with Crippen molar-refractivity contribution in [3.8, 4) is 6.07 Å². The number of halogens is 3. The SMILES string of the molecule is CC(OC(=O)c1cc(Cl)sc1Cl)C(=O)Nc1ccc(C#N)c(Cl)c1. The Morgan fingerprint density at radius 3 is 2.54 bits per heavy atom. The Balaban J connectivity index is 2.02. The molecule has 2 aromatic rings. The number of nitrogens with one attached hydrogen (secondary N) is 1. The predicted octanol–water partition coefficient (Wildman–Crippen LogP) is 4.76. The second-order valence-electron chi connectivity index (χ2n) is 4.58. The molecule has 0 fully saturated rings. The summed E-state index contributed by atoms with van der Waals surface area (Å²) in [5.41, 5.74) is 0.773. The zero-order valence-corrected chi connectivity index (χ0v) is 15.2. The molecule has 0 aliphatic heterocycles. The largest absolute Gasteiger partial charge is 0.449 e. The van der Waals surface area contributed by atoms with E-state index in [9.17, 15) is 9.59 Å². The number of amides is 1. The molecule has 1 N–H and O–H groups in total. The van der Waals surface area contributed by atoms with Gasteiger partial charge in [0.1, 0.15) is 10.4 Å². The third kappa shape index (κ3) is 4.40. The molecule has 1 aromatic heterocycles. The number of benzene rings is 1. The first-order valence-corrected chi connectivity index (χ1v) is 8.43. The fourth-order valence-corrected chi connectivity index (χ4v) is 3.35. The lowest BCUT2D eigenvalue weighted by Crippen LogP contribution is -2.30. The van der Waals surface area contributed by atoms with Crippen LogP contribution in [0, 0.1) is 11.3 Å². The van der Waals surface area contributed by atoms with Gasteiger partial charge in [-0.15, -0.1) is 11.3 Å². The van der Waals surface area contributed by atoms with Gasteiger partial charge in [-0.1, -0.05) is 34.8 Å². The van der Waals surface area contributed by atoms with Crippen molar-refractivity contribution in [2.75, 3.05) is 5.32 Å². The zero-order chi connectivity index (χ0) is 17.9. The molecule has 9 heteroatoms. The normalized spacial score (nSPS) is 11.5. The molecule has 0 aliphatic rings. The molecule has 1 atom stereocenters. The van der Waals surface area contributed by atoms with E-state index in [-0.39, 0.29) is 20.5 Å². The molecule has 124 valence electrons. The molecule has 5 nitrogen and oxygen atoms in total. The molecular weight excluding hydrogens is 395 g/mol. The van der Waals surface area contributed by atoms with Gasteiger partial charge in [-0.3, -0.25) is 4.79 Å². The van der Waals surface area contributed by atoms with Crippen molar-refractivity contribution >= 4 is 63.7 Å². The average molecular weight is 404 g/mol. The lowest BCUT2D eigenvalue weighted by molar-refractivity contribution is -0.123. The van der Waals surface area contributed by atoms with Gasteiger partial charge in [-0.05, 0) is 31.2 Å². The molecule has 0 saturated carbocycles. The number of carbonyl (C=O) groups is 2. The van der Waals surface area contributed by atoms with Crippen molar-refractivity contribution in [1.82, 2.24) is 0 Å². The summed E-state index contributed by atoms with van der Waals surface area (Å²) in [7, 11) is 0. The molecule has 0 bridgehead atoms. The number of esters is 1. The Kier molecular flexibility index (Phi) is 6.08. The van der Waals surface area contributed by atoms with Crippen LogP contribution in [-0.2, 0) is 9.53 Å². The lowest BCUT2D eigenvalue weighted by atomic mass is 10.2. The minimum Gasteiger partial charge on any atom is -0.449 e. The summed E-state index contributed by atoms with van der Waals surface area (Å²) >= 11 is 18.6. The van der Waals surface area contributed by atoms with E-state index in [1.54, 1.807) is 0 Å². The zero-order valence-electron chi connectivity index (χ0n) is 12.1. The summed E-state index contributed by atoms with van der Waals surface area (Å²) in [6, 6.07) is 7.72. The average Bonchev–Trinajstić information content (AvgIpc) is 2.86. The molecule has 2 rings (SSSR count). The van der Waals surface area contributed by atoms with Crippen LogP contribution in [0.15, 0.2) is 24.3 Å². The molecule has 0 radical (unpaired) electrons. The second kappa shape index (κ2) is 7.86. The highest BCUT2D eigenvalue weighted by atomic mass is 35.5. The van der Waals surface area contributed by atoms with E-state index in [1.807, 2.05) is 6.07 Å². The van der Waals surface area contributed by atoms with Crippen LogP contribution in [0.4, 0.5) is 5.69 Å². The summed E-state index contributed by atoms with van der Waals surface area (Å²) in [5, 5.41) is 11.6. The first-order valence-electron chi connectivity index (χ1n) is 6.48. The number of rotatable bonds is 4. The molecule has 1 heterocycles. The highest BCUT2D eigenvalue weighted by molar-refractivity contribution is 7.20. The first kappa shape index (κ1) is 18.6. The van der Waals surface area contributed by atoms with Crippen molar-refractivity contribution in [3.63, 3.8) is 0 Å². The van der Waals surface area contributed by atoms with Gasteiger partial charge >= 0.3 is 5.97 Å². The van der Waals surface area contributed by atoms with Crippen LogP contribution in [0.25, 0.3) is 0 Å². The predicted molar refractivity (Wildman–Crippen MR) is 94.0 cm³/mol. The number of anilines is 1. The molecule has 0 saturated heterocycles. The number of nitriles is 1. The van der Waals surface area contributed by atoms with Crippen molar-refractivity contribution in [3.05, 3.63) is 49.1 Å². The number of nitrogens with zero attached hydrogens (tertiary/aromatic N) is 1. The van der Waals surface area contributed by atoms with Crippen LogP contribution < -0.4 is 5.32 Å². The summed E-state index contributed by atoms with van der Waals surface area (Å²) in [4.78, 5) is 24.1. The maximum Gasteiger partial charge on any atom is 0.341 e. The highest BCUT2D eigenvalue weighted by Gasteiger charge is 2.22. The lowest BCUT2D eigenvalue weighted by Gasteiger charge is -2.13. The van der Waals surface area contributed by atoms with Crippen LogP contribution in [-0.4, -0.2) is 18.0 Å². The smallest absolute Gasteiger partial charge is 0.341 e. The molecule has 1 unspecified atom stereocenters.